The number of hydrogen-bond acceptors (Lipinski definition) is 1. The van der Waals surface area contributed by atoms with Gasteiger partial charge >= 0.3 is 0 Å². The fourth-order valence-electron chi connectivity index (χ4n) is 1.35. The minimum Gasteiger partial charge on any atom is -0.316 e. The molecule has 0 atom stereocenters. The minimum atomic E-state index is 0. The molecule has 0 aliphatic rings. The van der Waals surface area contributed by atoms with Crippen LogP contribution in [0.3, 0.4) is 0 Å². The van der Waals surface area contributed by atoms with Gasteiger partial charge in [-0.3, -0.25) is 0 Å². The zero-order valence-electron chi connectivity index (χ0n) is 9.42. The SMILES string of the molecule is CNCc1cccc(C(C)(C)C)c1.Cl. The first-order valence-corrected chi connectivity index (χ1v) is 4.78. The van der Waals surface area contributed by atoms with Gasteiger partial charge in [-0.15, -0.1) is 12.4 Å². The fraction of sp³-hybridized carbons (Fsp3) is 0.500. The number of nitrogens with one attached hydrogen (secondary N) is 1. The van der Waals surface area contributed by atoms with Crippen molar-refractivity contribution >= 4 is 12.4 Å². The molecule has 2 heteroatoms. The molecular formula is C12H20ClN. The third-order valence-electron chi connectivity index (χ3n) is 2.17. The van der Waals surface area contributed by atoms with E-state index in [-0.39, 0.29) is 17.8 Å². The molecule has 1 nitrogen and oxygen atoms in total. The lowest BCUT2D eigenvalue weighted by Gasteiger charge is -2.19. The second-order valence-electron chi connectivity index (χ2n) is 4.48. The smallest absolute Gasteiger partial charge is 0.0202 e. The highest BCUT2D eigenvalue weighted by Gasteiger charge is 2.12. The van der Waals surface area contributed by atoms with Crippen molar-refractivity contribution in [3.63, 3.8) is 0 Å². The summed E-state index contributed by atoms with van der Waals surface area (Å²) in [5.41, 5.74) is 3.01. The highest BCUT2D eigenvalue weighted by molar-refractivity contribution is 5.85. The van der Waals surface area contributed by atoms with Gasteiger partial charge in [0.15, 0.2) is 0 Å². The summed E-state index contributed by atoms with van der Waals surface area (Å²) in [4.78, 5) is 0. The lowest BCUT2D eigenvalue weighted by Crippen LogP contribution is -2.12. The van der Waals surface area contributed by atoms with Crippen LogP contribution < -0.4 is 5.32 Å². The zero-order chi connectivity index (χ0) is 9.90. The van der Waals surface area contributed by atoms with E-state index in [1.165, 1.54) is 11.1 Å². The Hall–Kier alpha value is -0.530. The molecule has 0 fully saturated rings. The molecule has 0 aromatic heterocycles. The maximum absolute atomic E-state index is 3.16. The van der Waals surface area contributed by atoms with Crippen LogP contribution in [0.4, 0.5) is 0 Å². The first kappa shape index (κ1) is 13.5. The van der Waals surface area contributed by atoms with Crippen LogP contribution in [0.25, 0.3) is 0 Å². The Labute approximate surface area is 93.3 Å². The number of halogens is 1. The summed E-state index contributed by atoms with van der Waals surface area (Å²) in [5.74, 6) is 0. The van der Waals surface area contributed by atoms with E-state index in [2.05, 4.69) is 50.4 Å². The summed E-state index contributed by atoms with van der Waals surface area (Å²) in [6.45, 7) is 7.67. The van der Waals surface area contributed by atoms with E-state index < -0.39 is 0 Å². The van der Waals surface area contributed by atoms with Crippen molar-refractivity contribution in [2.75, 3.05) is 7.05 Å². The van der Waals surface area contributed by atoms with Crippen LogP contribution in [0.15, 0.2) is 24.3 Å². The molecule has 14 heavy (non-hydrogen) atoms. The summed E-state index contributed by atoms with van der Waals surface area (Å²) in [6, 6.07) is 8.76. The van der Waals surface area contributed by atoms with Gasteiger partial charge in [-0.05, 0) is 23.6 Å². The van der Waals surface area contributed by atoms with Crippen LogP contribution in [0.2, 0.25) is 0 Å². The van der Waals surface area contributed by atoms with E-state index in [9.17, 15) is 0 Å². The van der Waals surface area contributed by atoms with Crippen LogP contribution in [0.5, 0.6) is 0 Å². The lowest BCUT2D eigenvalue weighted by molar-refractivity contribution is 0.588. The summed E-state index contributed by atoms with van der Waals surface area (Å²) in [5, 5.41) is 3.16. The highest BCUT2D eigenvalue weighted by Crippen LogP contribution is 2.22. The van der Waals surface area contributed by atoms with Crippen LogP contribution in [-0.2, 0) is 12.0 Å². The van der Waals surface area contributed by atoms with Gasteiger partial charge in [0, 0.05) is 6.54 Å². The molecule has 0 heterocycles. The summed E-state index contributed by atoms with van der Waals surface area (Å²) in [6.07, 6.45) is 0. The normalized spacial score (nSPS) is 10.9. The summed E-state index contributed by atoms with van der Waals surface area (Å²) >= 11 is 0. The fourth-order valence-corrected chi connectivity index (χ4v) is 1.35. The Morgan fingerprint density at radius 1 is 1.21 bits per heavy atom. The molecule has 0 radical (unpaired) electrons. The largest absolute Gasteiger partial charge is 0.316 e. The number of hydrogen-bond donors (Lipinski definition) is 1. The third-order valence-corrected chi connectivity index (χ3v) is 2.17. The van der Waals surface area contributed by atoms with Gasteiger partial charge in [-0.25, -0.2) is 0 Å². The quantitative estimate of drug-likeness (QED) is 0.796. The highest BCUT2D eigenvalue weighted by atomic mass is 35.5. The third kappa shape index (κ3) is 3.69. The van der Waals surface area contributed by atoms with Gasteiger partial charge in [-0.2, -0.15) is 0 Å². The molecule has 0 bridgehead atoms. The van der Waals surface area contributed by atoms with Crippen molar-refractivity contribution in [1.29, 1.82) is 0 Å². The Kier molecular flexibility index (Phi) is 5.17. The van der Waals surface area contributed by atoms with Crippen molar-refractivity contribution in [2.24, 2.45) is 0 Å². The monoisotopic (exact) mass is 213 g/mol. The molecule has 80 valence electrons. The van der Waals surface area contributed by atoms with E-state index in [1.54, 1.807) is 0 Å². The molecule has 1 aromatic carbocycles. The molecule has 0 spiro atoms. The molecule has 0 amide bonds. The van der Waals surface area contributed by atoms with Crippen molar-refractivity contribution in [2.45, 2.75) is 32.7 Å². The van der Waals surface area contributed by atoms with Crippen molar-refractivity contribution < 1.29 is 0 Å². The molecule has 0 saturated heterocycles. The van der Waals surface area contributed by atoms with Crippen LogP contribution in [0, 0.1) is 0 Å². The van der Waals surface area contributed by atoms with Gasteiger partial charge in [0.25, 0.3) is 0 Å². The van der Waals surface area contributed by atoms with Gasteiger partial charge in [-0.1, -0.05) is 45.0 Å². The molecule has 0 aliphatic heterocycles. The average molecular weight is 214 g/mol. The topological polar surface area (TPSA) is 12.0 Å². The molecule has 1 rings (SSSR count). The van der Waals surface area contributed by atoms with Gasteiger partial charge < -0.3 is 5.32 Å². The van der Waals surface area contributed by atoms with E-state index in [1.807, 2.05) is 7.05 Å². The van der Waals surface area contributed by atoms with Crippen LogP contribution >= 0.6 is 12.4 Å². The maximum atomic E-state index is 3.16. The first-order valence-electron chi connectivity index (χ1n) is 4.78. The Morgan fingerprint density at radius 3 is 2.36 bits per heavy atom. The van der Waals surface area contributed by atoms with Gasteiger partial charge in [0.05, 0.1) is 0 Å². The zero-order valence-corrected chi connectivity index (χ0v) is 10.2. The Bertz CT molecular complexity index is 276. The second kappa shape index (κ2) is 5.38. The maximum Gasteiger partial charge on any atom is 0.0202 e. The van der Waals surface area contributed by atoms with E-state index in [0.717, 1.165) is 6.54 Å². The van der Waals surface area contributed by atoms with Crippen LogP contribution in [-0.4, -0.2) is 7.05 Å². The van der Waals surface area contributed by atoms with E-state index in [0.29, 0.717) is 0 Å². The van der Waals surface area contributed by atoms with Gasteiger partial charge in [0.1, 0.15) is 0 Å². The Morgan fingerprint density at radius 2 is 1.86 bits per heavy atom. The van der Waals surface area contributed by atoms with Crippen molar-refractivity contribution in [1.82, 2.24) is 5.32 Å². The van der Waals surface area contributed by atoms with Gasteiger partial charge in [0.2, 0.25) is 0 Å². The van der Waals surface area contributed by atoms with Crippen molar-refractivity contribution in [3.05, 3.63) is 35.4 Å². The first-order chi connectivity index (χ1) is 6.04. The Balaban J connectivity index is 0.00000169. The van der Waals surface area contributed by atoms with E-state index in [4.69, 9.17) is 0 Å². The van der Waals surface area contributed by atoms with Crippen molar-refractivity contribution in [3.8, 4) is 0 Å². The molecule has 0 saturated carbocycles. The second-order valence-corrected chi connectivity index (χ2v) is 4.48. The molecule has 1 aromatic rings. The minimum absolute atomic E-state index is 0. The predicted octanol–water partition coefficient (Wildman–Crippen LogP) is 3.13. The summed E-state index contributed by atoms with van der Waals surface area (Å²) in [7, 11) is 1.98. The summed E-state index contributed by atoms with van der Waals surface area (Å²) < 4.78 is 0. The molecular weight excluding hydrogens is 194 g/mol. The standard InChI is InChI=1S/C12H19N.ClH/c1-12(2,3)11-7-5-6-10(8-11)9-13-4;/h5-8,13H,9H2,1-4H3;1H. The number of benzene rings is 1. The van der Waals surface area contributed by atoms with Crippen LogP contribution in [0.1, 0.15) is 31.9 Å². The molecule has 1 N–H and O–H groups in total. The van der Waals surface area contributed by atoms with E-state index >= 15 is 0 Å². The predicted molar refractivity (Wildman–Crippen MR) is 65.2 cm³/mol. The molecule has 0 aliphatic carbocycles. The lowest BCUT2D eigenvalue weighted by atomic mass is 9.86. The molecule has 0 unspecified atom stereocenters. The average Bonchev–Trinajstić information content (AvgIpc) is 2.04. The number of rotatable bonds is 2.